The predicted octanol–water partition coefficient (Wildman–Crippen LogP) is 1.69. The fourth-order valence-electron chi connectivity index (χ4n) is 2.03. The van der Waals surface area contributed by atoms with Crippen molar-refractivity contribution in [3.8, 4) is 11.5 Å². The van der Waals surface area contributed by atoms with E-state index < -0.39 is 0 Å². The van der Waals surface area contributed by atoms with Crippen LogP contribution in [0.1, 0.15) is 17.0 Å². The molecule has 1 aliphatic rings. The number of fused-ring (bicyclic) bond motifs is 1. The fourth-order valence-corrected chi connectivity index (χ4v) is 2.03. The second-order valence-electron chi connectivity index (χ2n) is 4.06. The number of aromatic nitrogens is 2. The van der Waals surface area contributed by atoms with Crippen molar-refractivity contribution in [3.63, 3.8) is 0 Å². The fraction of sp³-hybridized carbons (Fsp3) is 0.333. The van der Waals surface area contributed by atoms with E-state index in [4.69, 9.17) is 4.52 Å². The van der Waals surface area contributed by atoms with E-state index in [2.05, 4.69) is 33.7 Å². The van der Waals surface area contributed by atoms with Crippen LogP contribution in [0.2, 0.25) is 0 Å². The number of nitrogens with zero attached hydrogens (tertiary/aromatic N) is 2. The second kappa shape index (κ2) is 3.72. The quantitative estimate of drug-likeness (QED) is 0.786. The minimum Gasteiger partial charge on any atom is -0.334 e. The largest absolute Gasteiger partial charge is 0.334 e. The van der Waals surface area contributed by atoms with Crippen LogP contribution in [-0.2, 0) is 13.0 Å². The Hall–Kier alpha value is -1.68. The topological polar surface area (TPSA) is 51.0 Å². The van der Waals surface area contributed by atoms with E-state index in [1.54, 1.807) is 0 Å². The summed E-state index contributed by atoms with van der Waals surface area (Å²) >= 11 is 0. The molecule has 82 valence electrons. The number of nitrogens with one attached hydrogen (secondary N) is 1. The molecule has 0 atom stereocenters. The molecule has 3 rings (SSSR count). The van der Waals surface area contributed by atoms with Crippen molar-refractivity contribution < 1.29 is 4.52 Å². The molecule has 0 bridgehead atoms. The van der Waals surface area contributed by atoms with Gasteiger partial charge in [-0.3, -0.25) is 0 Å². The Morgan fingerprint density at radius 2 is 2.25 bits per heavy atom. The van der Waals surface area contributed by atoms with Crippen LogP contribution in [0.3, 0.4) is 0 Å². The molecule has 0 unspecified atom stereocenters. The molecule has 0 radical (unpaired) electrons. The summed E-state index contributed by atoms with van der Waals surface area (Å²) in [4.78, 5) is 4.23. The van der Waals surface area contributed by atoms with E-state index >= 15 is 0 Å². The van der Waals surface area contributed by atoms with E-state index in [9.17, 15) is 0 Å². The summed E-state index contributed by atoms with van der Waals surface area (Å²) < 4.78 is 5.16. The standard InChI is InChI=1S/C12H13N3O/c1-8-14-12(16-15-8)10-3-2-9-4-5-13-7-11(9)6-10/h2-3,6,13H,4-5,7H2,1H3. The molecule has 2 heterocycles. The molecule has 4 nitrogen and oxygen atoms in total. The molecule has 4 heteroatoms. The number of hydrogen-bond donors (Lipinski definition) is 1. The van der Waals surface area contributed by atoms with Gasteiger partial charge in [0, 0.05) is 12.1 Å². The lowest BCUT2D eigenvalue weighted by molar-refractivity contribution is 0.425. The summed E-state index contributed by atoms with van der Waals surface area (Å²) in [6.07, 6.45) is 1.10. The Labute approximate surface area is 93.7 Å². The van der Waals surface area contributed by atoms with E-state index in [-0.39, 0.29) is 0 Å². The first-order valence-corrected chi connectivity index (χ1v) is 5.46. The highest BCUT2D eigenvalue weighted by Crippen LogP contribution is 2.22. The van der Waals surface area contributed by atoms with Gasteiger partial charge in [0.2, 0.25) is 0 Å². The first-order chi connectivity index (χ1) is 7.83. The van der Waals surface area contributed by atoms with Crippen molar-refractivity contribution in [2.45, 2.75) is 19.9 Å². The maximum atomic E-state index is 5.16. The van der Waals surface area contributed by atoms with Crippen LogP contribution in [0, 0.1) is 6.92 Å². The third-order valence-corrected chi connectivity index (χ3v) is 2.87. The Kier molecular flexibility index (Phi) is 2.22. The van der Waals surface area contributed by atoms with Crippen molar-refractivity contribution in [1.29, 1.82) is 0 Å². The van der Waals surface area contributed by atoms with Gasteiger partial charge in [0.05, 0.1) is 0 Å². The summed E-state index contributed by atoms with van der Waals surface area (Å²) in [6.45, 7) is 3.81. The third-order valence-electron chi connectivity index (χ3n) is 2.87. The van der Waals surface area contributed by atoms with Gasteiger partial charge in [0.1, 0.15) is 0 Å². The average molecular weight is 215 g/mol. The van der Waals surface area contributed by atoms with Crippen molar-refractivity contribution in [3.05, 3.63) is 35.2 Å². The second-order valence-corrected chi connectivity index (χ2v) is 4.06. The van der Waals surface area contributed by atoms with Crippen LogP contribution in [0.4, 0.5) is 0 Å². The minimum absolute atomic E-state index is 0.603. The number of aryl methyl sites for hydroxylation is 1. The Bertz CT molecular complexity index is 519. The normalized spacial score (nSPS) is 14.8. The number of benzene rings is 1. The van der Waals surface area contributed by atoms with Gasteiger partial charge in [-0.25, -0.2) is 0 Å². The van der Waals surface area contributed by atoms with Gasteiger partial charge in [-0.15, -0.1) is 0 Å². The van der Waals surface area contributed by atoms with E-state index in [0.29, 0.717) is 11.7 Å². The van der Waals surface area contributed by atoms with Crippen LogP contribution in [0.5, 0.6) is 0 Å². The van der Waals surface area contributed by atoms with Crippen LogP contribution < -0.4 is 5.32 Å². The van der Waals surface area contributed by atoms with E-state index in [0.717, 1.165) is 25.1 Å². The highest BCUT2D eigenvalue weighted by molar-refractivity contribution is 5.56. The zero-order chi connectivity index (χ0) is 11.0. The SMILES string of the molecule is Cc1noc(-c2ccc3c(c2)CNCC3)n1. The van der Waals surface area contributed by atoms with E-state index in [1.165, 1.54) is 11.1 Å². The molecule has 0 saturated carbocycles. The molecule has 1 aromatic carbocycles. The molecule has 1 N–H and O–H groups in total. The van der Waals surface area contributed by atoms with Crippen molar-refractivity contribution in [2.75, 3.05) is 6.54 Å². The molecular weight excluding hydrogens is 202 g/mol. The van der Waals surface area contributed by atoms with Crippen molar-refractivity contribution >= 4 is 0 Å². The van der Waals surface area contributed by atoms with Crippen LogP contribution in [-0.4, -0.2) is 16.7 Å². The molecule has 16 heavy (non-hydrogen) atoms. The Morgan fingerprint density at radius 1 is 1.31 bits per heavy atom. The lowest BCUT2D eigenvalue weighted by Gasteiger charge is -2.16. The predicted molar refractivity (Wildman–Crippen MR) is 59.9 cm³/mol. The summed E-state index contributed by atoms with van der Waals surface area (Å²) in [5, 5.41) is 7.16. The molecule has 2 aromatic rings. The maximum absolute atomic E-state index is 5.16. The van der Waals surface area contributed by atoms with Crippen molar-refractivity contribution in [2.24, 2.45) is 0 Å². The van der Waals surface area contributed by atoms with Gasteiger partial charge in [0.15, 0.2) is 5.82 Å². The Morgan fingerprint density at radius 3 is 3.06 bits per heavy atom. The van der Waals surface area contributed by atoms with Crippen molar-refractivity contribution in [1.82, 2.24) is 15.5 Å². The highest BCUT2D eigenvalue weighted by atomic mass is 16.5. The maximum Gasteiger partial charge on any atom is 0.257 e. The van der Waals surface area contributed by atoms with Crippen LogP contribution in [0.15, 0.2) is 22.7 Å². The first-order valence-electron chi connectivity index (χ1n) is 5.46. The average Bonchev–Trinajstić information content (AvgIpc) is 2.75. The highest BCUT2D eigenvalue weighted by Gasteiger charge is 2.12. The van der Waals surface area contributed by atoms with Crippen LogP contribution >= 0.6 is 0 Å². The van der Waals surface area contributed by atoms with Crippen LogP contribution in [0.25, 0.3) is 11.5 Å². The first kappa shape index (κ1) is 9.54. The molecule has 0 fully saturated rings. The van der Waals surface area contributed by atoms with Gasteiger partial charge in [-0.1, -0.05) is 11.2 Å². The van der Waals surface area contributed by atoms with Gasteiger partial charge in [0.25, 0.3) is 5.89 Å². The summed E-state index contributed by atoms with van der Waals surface area (Å²) in [5.74, 6) is 1.27. The minimum atomic E-state index is 0.603. The monoisotopic (exact) mass is 215 g/mol. The molecular formula is C12H13N3O. The van der Waals surface area contributed by atoms with Gasteiger partial charge in [-0.05, 0) is 43.1 Å². The zero-order valence-corrected chi connectivity index (χ0v) is 9.16. The zero-order valence-electron chi connectivity index (χ0n) is 9.16. The lowest BCUT2D eigenvalue weighted by Crippen LogP contribution is -2.23. The molecule has 0 spiro atoms. The van der Waals surface area contributed by atoms with Gasteiger partial charge < -0.3 is 9.84 Å². The van der Waals surface area contributed by atoms with Gasteiger partial charge in [-0.2, -0.15) is 4.98 Å². The van der Waals surface area contributed by atoms with Gasteiger partial charge >= 0.3 is 0 Å². The molecule has 0 aliphatic carbocycles. The third kappa shape index (κ3) is 1.61. The molecule has 1 aliphatic heterocycles. The molecule has 0 amide bonds. The molecule has 1 aromatic heterocycles. The summed E-state index contributed by atoms with van der Waals surface area (Å²) in [5.41, 5.74) is 3.75. The Balaban J connectivity index is 2.02. The smallest absolute Gasteiger partial charge is 0.257 e. The summed E-state index contributed by atoms with van der Waals surface area (Å²) in [7, 11) is 0. The number of hydrogen-bond acceptors (Lipinski definition) is 4. The lowest BCUT2D eigenvalue weighted by atomic mass is 9.98. The molecule has 0 saturated heterocycles. The van der Waals surface area contributed by atoms with E-state index in [1.807, 2.05) is 6.92 Å². The number of rotatable bonds is 1. The summed E-state index contributed by atoms with van der Waals surface area (Å²) in [6, 6.07) is 6.34.